The molecule has 0 amide bonds. The Morgan fingerprint density at radius 3 is 2.66 bits per heavy atom. The van der Waals surface area contributed by atoms with Crippen molar-refractivity contribution in [1.82, 2.24) is 15.6 Å². The Balaban J connectivity index is 1.58. The Morgan fingerprint density at radius 1 is 1.17 bits per heavy atom. The summed E-state index contributed by atoms with van der Waals surface area (Å²) in [6.07, 6.45) is 4.23. The van der Waals surface area contributed by atoms with E-state index in [-0.39, 0.29) is 5.75 Å². The monoisotopic (exact) mass is 403 g/mol. The first kappa shape index (κ1) is 20.8. The Bertz CT molecular complexity index is 838. The van der Waals surface area contributed by atoms with E-state index in [0.717, 1.165) is 30.0 Å². The summed E-state index contributed by atoms with van der Waals surface area (Å²) in [4.78, 5) is 11.0. The maximum absolute atomic E-state index is 12.6. The number of rotatable bonds is 7. The van der Waals surface area contributed by atoms with Crippen LogP contribution in [0.25, 0.3) is 0 Å². The van der Waals surface area contributed by atoms with E-state index >= 15 is 0 Å². The highest BCUT2D eigenvalue weighted by molar-refractivity contribution is 5.79. The maximum Gasteiger partial charge on any atom is 0.387 e. The van der Waals surface area contributed by atoms with Gasteiger partial charge in [0.15, 0.2) is 5.96 Å². The minimum absolute atomic E-state index is 0.165. The van der Waals surface area contributed by atoms with Gasteiger partial charge in [0, 0.05) is 45.0 Å². The molecule has 29 heavy (non-hydrogen) atoms. The molecule has 0 saturated carbocycles. The van der Waals surface area contributed by atoms with Gasteiger partial charge in [-0.15, -0.1) is 0 Å². The number of aromatic nitrogens is 1. The summed E-state index contributed by atoms with van der Waals surface area (Å²) >= 11 is 0. The molecule has 2 N–H and O–H groups in total. The number of aliphatic imine (C=N–C) groups is 1. The van der Waals surface area contributed by atoms with Crippen molar-refractivity contribution < 1.29 is 13.5 Å². The minimum Gasteiger partial charge on any atom is -0.434 e. The normalized spacial score (nSPS) is 14.4. The van der Waals surface area contributed by atoms with E-state index in [1.165, 1.54) is 12.8 Å². The van der Waals surface area contributed by atoms with Gasteiger partial charge in [-0.25, -0.2) is 4.98 Å². The number of alkyl halides is 2. The van der Waals surface area contributed by atoms with Crippen molar-refractivity contribution in [2.24, 2.45) is 4.99 Å². The highest BCUT2D eigenvalue weighted by Crippen LogP contribution is 2.22. The molecule has 1 aliphatic heterocycles. The number of nitrogens with one attached hydrogen (secondary N) is 2. The molecule has 0 spiro atoms. The molecule has 1 aromatic heterocycles. The summed E-state index contributed by atoms with van der Waals surface area (Å²) in [6.45, 7) is 2.05. The number of hydrogen-bond donors (Lipinski definition) is 2. The Morgan fingerprint density at radius 2 is 1.93 bits per heavy atom. The zero-order chi connectivity index (χ0) is 20.6. The van der Waals surface area contributed by atoms with Crippen LogP contribution in [0.5, 0.6) is 5.75 Å². The van der Waals surface area contributed by atoms with Gasteiger partial charge in [0.2, 0.25) is 0 Å². The van der Waals surface area contributed by atoms with Gasteiger partial charge in [0.25, 0.3) is 0 Å². The quantitative estimate of drug-likeness (QED) is 0.548. The van der Waals surface area contributed by atoms with Crippen molar-refractivity contribution in [3.05, 3.63) is 53.2 Å². The third-order valence-electron chi connectivity index (χ3n) is 4.80. The van der Waals surface area contributed by atoms with Crippen LogP contribution in [-0.2, 0) is 13.1 Å². The van der Waals surface area contributed by atoms with Gasteiger partial charge in [-0.05, 0) is 43.5 Å². The van der Waals surface area contributed by atoms with Crippen molar-refractivity contribution in [2.45, 2.75) is 39.5 Å². The molecule has 0 unspecified atom stereocenters. The van der Waals surface area contributed by atoms with Crippen LogP contribution in [0.1, 0.15) is 29.5 Å². The van der Waals surface area contributed by atoms with E-state index in [1.54, 1.807) is 19.2 Å². The molecule has 3 rings (SSSR count). The number of aryl methyl sites for hydroxylation is 1. The van der Waals surface area contributed by atoms with Gasteiger partial charge in [-0.3, -0.25) is 4.99 Å². The second-order valence-electron chi connectivity index (χ2n) is 6.99. The Labute approximate surface area is 170 Å². The van der Waals surface area contributed by atoms with Crippen molar-refractivity contribution in [1.29, 1.82) is 0 Å². The third kappa shape index (κ3) is 6.04. The molecule has 0 atom stereocenters. The minimum atomic E-state index is -2.86. The van der Waals surface area contributed by atoms with Crippen molar-refractivity contribution in [3.8, 4) is 5.75 Å². The summed E-state index contributed by atoms with van der Waals surface area (Å²) in [5.41, 5.74) is 2.72. The summed E-state index contributed by atoms with van der Waals surface area (Å²) < 4.78 is 29.9. The number of hydrogen-bond acceptors (Lipinski definition) is 4. The lowest BCUT2D eigenvalue weighted by Gasteiger charge is -2.18. The van der Waals surface area contributed by atoms with Gasteiger partial charge >= 0.3 is 6.61 Å². The highest BCUT2D eigenvalue weighted by Gasteiger charge is 2.14. The summed E-state index contributed by atoms with van der Waals surface area (Å²) in [5, 5.41) is 6.41. The standard InChI is InChI=1S/C21H27F2N5O/c1-15-5-6-18(29-20(22)23)17(11-15)14-27-21(24-2)26-13-16-7-8-25-19(12-16)28-9-3-4-10-28/h5-8,11-12,20H,3-4,9-10,13-14H2,1-2H3,(H2,24,26,27). The molecule has 6 nitrogen and oxygen atoms in total. The average molecular weight is 403 g/mol. The van der Waals surface area contributed by atoms with Crippen LogP contribution in [0.3, 0.4) is 0 Å². The third-order valence-corrected chi connectivity index (χ3v) is 4.80. The molecule has 2 heterocycles. The molecule has 1 fully saturated rings. The van der Waals surface area contributed by atoms with Crippen molar-refractivity contribution in [3.63, 3.8) is 0 Å². The first-order valence-electron chi connectivity index (χ1n) is 9.74. The molecule has 1 aromatic carbocycles. The number of pyridine rings is 1. The van der Waals surface area contributed by atoms with Crippen LogP contribution in [-0.4, -0.2) is 37.7 Å². The molecule has 1 saturated heterocycles. The van der Waals surface area contributed by atoms with E-state index < -0.39 is 6.61 Å². The second-order valence-corrected chi connectivity index (χ2v) is 6.99. The fraction of sp³-hybridized carbons (Fsp3) is 0.429. The summed E-state index contributed by atoms with van der Waals surface area (Å²) in [7, 11) is 1.67. The molecule has 0 bridgehead atoms. The number of anilines is 1. The predicted molar refractivity (Wildman–Crippen MR) is 111 cm³/mol. The SMILES string of the molecule is CN=C(NCc1ccnc(N2CCCC2)c1)NCc1cc(C)ccc1OC(F)F. The van der Waals surface area contributed by atoms with Gasteiger partial charge in [-0.1, -0.05) is 17.7 Å². The van der Waals surface area contributed by atoms with Crippen LogP contribution in [0, 0.1) is 6.92 Å². The molecule has 156 valence electrons. The zero-order valence-corrected chi connectivity index (χ0v) is 16.8. The van der Waals surface area contributed by atoms with Crippen LogP contribution >= 0.6 is 0 Å². The van der Waals surface area contributed by atoms with E-state index in [2.05, 4.69) is 36.3 Å². The van der Waals surface area contributed by atoms with Gasteiger partial charge in [0.05, 0.1) is 0 Å². The van der Waals surface area contributed by atoms with Crippen LogP contribution in [0.4, 0.5) is 14.6 Å². The topological polar surface area (TPSA) is 61.8 Å². The largest absolute Gasteiger partial charge is 0.434 e. The van der Waals surface area contributed by atoms with Gasteiger partial charge < -0.3 is 20.3 Å². The lowest BCUT2D eigenvalue weighted by atomic mass is 10.1. The van der Waals surface area contributed by atoms with Gasteiger partial charge in [-0.2, -0.15) is 8.78 Å². The second kappa shape index (κ2) is 10.0. The van der Waals surface area contributed by atoms with E-state index in [4.69, 9.17) is 0 Å². The van der Waals surface area contributed by atoms with E-state index in [1.807, 2.05) is 25.3 Å². The molecule has 1 aliphatic rings. The molecule has 0 radical (unpaired) electrons. The molecular formula is C21H27F2N5O. The number of guanidine groups is 1. The molecule has 8 heteroatoms. The average Bonchev–Trinajstić information content (AvgIpc) is 3.25. The van der Waals surface area contributed by atoms with Crippen LogP contribution in [0.15, 0.2) is 41.5 Å². The fourth-order valence-electron chi connectivity index (χ4n) is 3.33. The number of benzene rings is 1. The summed E-state index contributed by atoms with van der Waals surface area (Å²) in [5.74, 6) is 1.74. The van der Waals surface area contributed by atoms with Crippen molar-refractivity contribution in [2.75, 3.05) is 25.0 Å². The van der Waals surface area contributed by atoms with Crippen molar-refractivity contribution >= 4 is 11.8 Å². The number of ether oxygens (including phenoxy) is 1. The van der Waals surface area contributed by atoms with E-state index in [9.17, 15) is 8.78 Å². The van der Waals surface area contributed by atoms with Crippen LogP contribution in [0.2, 0.25) is 0 Å². The number of halogens is 2. The fourth-order valence-corrected chi connectivity index (χ4v) is 3.33. The lowest BCUT2D eigenvalue weighted by Crippen LogP contribution is -2.36. The number of nitrogens with zero attached hydrogens (tertiary/aromatic N) is 3. The maximum atomic E-state index is 12.6. The van der Waals surface area contributed by atoms with Gasteiger partial charge in [0.1, 0.15) is 11.6 Å². The Kier molecular flexibility index (Phi) is 7.21. The predicted octanol–water partition coefficient (Wildman–Crippen LogP) is 3.46. The molecule has 0 aliphatic carbocycles. The van der Waals surface area contributed by atoms with Crippen LogP contribution < -0.4 is 20.3 Å². The Hall–Kier alpha value is -2.90. The first-order chi connectivity index (χ1) is 14.0. The smallest absolute Gasteiger partial charge is 0.387 e. The first-order valence-corrected chi connectivity index (χ1v) is 9.74. The highest BCUT2D eigenvalue weighted by atomic mass is 19.3. The zero-order valence-electron chi connectivity index (χ0n) is 16.8. The molecular weight excluding hydrogens is 376 g/mol. The van der Waals surface area contributed by atoms with E-state index in [0.29, 0.717) is 24.6 Å². The summed E-state index contributed by atoms with van der Waals surface area (Å²) in [6, 6.07) is 9.18. The lowest BCUT2D eigenvalue weighted by molar-refractivity contribution is -0.0504. The molecule has 2 aromatic rings.